The lowest BCUT2D eigenvalue weighted by Crippen LogP contribution is -2.20. The lowest BCUT2D eigenvalue weighted by Gasteiger charge is -2.19. The molecule has 0 saturated carbocycles. The Morgan fingerprint density at radius 2 is 1.86 bits per heavy atom. The van der Waals surface area contributed by atoms with Crippen LogP contribution >= 0.6 is 0 Å². The van der Waals surface area contributed by atoms with Crippen LogP contribution in [0, 0.1) is 6.92 Å². The van der Waals surface area contributed by atoms with E-state index < -0.39 is 6.04 Å². The van der Waals surface area contributed by atoms with E-state index in [1.807, 2.05) is 48.9 Å². The molecule has 0 aliphatic heterocycles. The van der Waals surface area contributed by atoms with Crippen molar-refractivity contribution in [3.8, 4) is 11.5 Å². The van der Waals surface area contributed by atoms with Crippen molar-refractivity contribution in [3.05, 3.63) is 70.4 Å². The topological polar surface area (TPSA) is 149 Å². The van der Waals surface area contributed by atoms with Crippen molar-refractivity contribution in [1.29, 1.82) is 0 Å². The molecule has 5 aromatic rings. The summed E-state index contributed by atoms with van der Waals surface area (Å²) in [7, 11) is 1.72. The molecule has 4 heterocycles. The molecule has 37 heavy (non-hydrogen) atoms. The number of hydrogen-bond acceptors (Lipinski definition) is 10. The van der Waals surface area contributed by atoms with E-state index >= 15 is 0 Å². The molecule has 4 aromatic heterocycles. The Morgan fingerprint density at radius 3 is 2.54 bits per heavy atom. The maximum Gasteiger partial charge on any atom is 0.275 e. The van der Waals surface area contributed by atoms with Crippen molar-refractivity contribution >= 4 is 28.6 Å². The first-order chi connectivity index (χ1) is 17.9. The second kappa shape index (κ2) is 9.82. The van der Waals surface area contributed by atoms with Crippen molar-refractivity contribution < 1.29 is 9.63 Å². The number of aliphatic hydroxyl groups excluding tert-OH is 1. The maximum absolute atomic E-state index is 12.6. The summed E-state index contributed by atoms with van der Waals surface area (Å²) in [5, 5.41) is 20.9. The highest BCUT2D eigenvalue weighted by Gasteiger charge is 2.20. The largest absolute Gasteiger partial charge is 0.394 e. The van der Waals surface area contributed by atoms with Gasteiger partial charge in [0.25, 0.3) is 11.4 Å². The lowest BCUT2D eigenvalue weighted by molar-refractivity contribution is 0.276. The molecule has 5 rings (SSSR count). The summed E-state index contributed by atoms with van der Waals surface area (Å²) in [5.74, 6) is 1.85. The second-order valence-corrected chi connectivity index (χ2v) is 8.85. The van der Waals surface area contributed by atoms with E-state index in [0.29, 0.717) is 34.1 Å². The predicted molar refractivity (Wildman–Crippen MR) is 139 cm³/mol. The number of hydrogen-bond donors (Lipinski definition) is 3. The minimum absolute atomic E-state index is 0.0375. The lowest BCUT2D eigenvalue weighted by atomic mass is 10.1. The summed E-state index contributed by atoms with van der Waals surface area (Å²) in [5.41, 5.74) is 1.82. The Bertz CT molecular complexity index is 1610. The Balaban J connectivity index is 1.53. The normalized spacial score (nSPS) is 12.3. The van der Waals surface area contributed by atoms with Crippen LogP contribution in [0.3, 0.4) is 0 Å². The minimum Gasteiger partial charge on any atom is -0.394 e. The fourth-order valence-electron chi connectivity index (χ4n) is 4.18. The van der Waals surface area contributed by atoms with Crippen LogP contribution in [0.5, 0.6) is 0 Å². The monoisotopic (exact) mass is 501 g/mol. The van der Waals surface area contributed by atoms with Gasteiger partial charge in [0.1, 0.15) is 17.2 Å². The zero-order chi connectivity index (χ0) is 26.1. The Kier molecular flexibility index (Phi) is 6.40. The molecule has 1 aromatic carbocycles. The first-order valence-corrected chi connectivity index (χ1v) is 11.8. The van der Waals surface area contributed by atoms with Gasteiger partial charge in [-0.1, -0.05) is 35.5 Å². The molecule has 12 nitrogen and oxygen atoms in total. The number of nitrogens with one attached hydrogen (secondary N) is 2. The second-order valence-electron chi connectivity index (χ2n) is 8.85. The number of aliphatic hydroxyl groups is 1. The molecule has 0 unspecified atom stereocenters. The average molecular weight is 502 g/mol. The van der Waals surface area contributed by atoms with Crippen LogP contribution in [0.25, 0.3) is 22.5 Å². The first kappa shape index (κ1) is 24.1. The van der Waals surface area contributed by atoms with Gasteiger partial charge in [-0.15, -0.1) is 0 Å². The van der Waals surface area contributed by atoms with Crippen molar-refractivity contribution in [2.75, 3.05) is 17.2 Å². The summed E-state index contributed by atoms with van der Waals surface area (Å²) in [4.78, 5) is 30.6. The van der Waals surface area contributed by atoms with Crippen molar-refractivity contribution in [1.82, 2.24) is 34.5 Å². The molecular weight excluding hydrogens is 474 g/mol. The van der Waals surface area contributed by atoms with Gasteiger partial charge in [-0.2, -0.15) is 9.97 Å². The maximum atomic E-state index is 12.6. The van der Waals surface area contributed by atoms with Gasteiger partial charge in [0.15, 0.2) is 11.5 Å². The first-order valence-electron chi connectivity index (χ1n) is 11.8. The molecule has 0 aliphatic rings. The quantitative estimate of drug-likeness (QED) is 0.289. The van der Waals surface area contributed by atoms with Gasteiger partial charge in [-0.05, 0) is 38.5 Å². The molecule has 190 valence electrons. The van der Waals surface area contributed by atoms with E-state index in [1.54, 1.807) is 37.0 Å². The van der Waals surface area contributed by atoms with Gasteiger partial charge in [-0.3, -0.25) is 14.2 Å². The van der Waals surface area contributed by atoms with E-state index in [0.717, 1.165) is 5.56 Å². The number of pyridine rings is 1. The van der Waals surface area contributed by atoms with Crippen molar-refractivity contribution in [3.63, 3.8) is 0 Å². The van der Waals surface area contributed by atoms with E-state index in [4.69, 9.17) is 4.52 Å². The summed E-state index contributed by atoms with van der Waals surface area (Å²) in [6.07, 6.45) is 1.56. The number of rotatable bonds is 8. The molecule has 1 atom stereocenters. The summed E-state index contributed by atoms with van der Waals surface area (Å²) in [6.45, 7) is 5.53. The number of benzene rings is 1. The van der Waals surface area contributed by atoms with Crippen molar-refractivity contribution in [2.45, 2.75) is 32.9 Å². The zero-order valence-corrected chi connectivity index (χ0v) is 20.9. The highest BCUT2D eigenvalue weighted by molar-refractivity contribution is 5.77. The van der Waals surface area contributed by atoms with Gasteiger partial charge < -0.3 is 20.3 Å². The molecule has 0 saturated heterocycles. The Hall–Kier alpha value is -4.58. The number of aryl methyl sites for hydroxylation is 1. The third-order valence-electron chi connectivity index (χ3n) is 5.91. The zero-order valence-electron chi connectivity index (χ0n) is 20.9. The highest BCUT2D eigenvalue weighted by Crippen LogP contribution is 2.29. The number of fused-ring (bicyclic) bond motifs is 1. The highest BCUT2D eigenvalue weighted by atomic mass is 16.5. The van der Waals surface area contributed by atoms with Gasteiger partial charge in [0.05, 0.1) is 18.0 Å². The molecular formula is C25H27N9O3. The third-order valence-corrected chi connectivity index (χ3v) is 5.91. The molecule has 0 fully saturated rings. The number of nitrogens with zero attached hydrogens (tertiary/aromatic N) is 7. The van der Waals surface area contributed by atoms with E-state index in [1.165, 1.54) is 0 Å². The van der Waals surface area contributed by atoms with Crippen LogP contribution in [0.15, 0.2) is 58.0 Å². The summed E-state index contributed by atoms with van der Waals surface area (Å²) >= 11 is 0. The van der Waals surface area contributed by atoms with Gasteiger partial charge in [0, 0.05) is 19.3 Å². The van der Waals surface area contributed by atoms with Crippen LogP contribution in [0.4, 0.5) is 17.6 Å². The van der Waals surface area contributed by atoms with Crippen LogP contribution in [-0.4, -0.2) is 46.2 Å². The average Bonchev–Trinajstić information content (AvgIpc) is 3.43. The molecule has 0 aliphatic carbocycles. The predicted octanol–water partition coefficient (Wildman–Crippen LogP) is 3.35. The van der Waals surface area contributed by atoms with Crippen LogP contribution in [0.2, 0.25) is 0 Å². The van der Waals surface area contributed by atoms with E-state index in [9.17, 15) is 9.90 Å². The summed E-state index contributed by atoms with van der Waals surface area (Å²) in [6, 6.07) is 12.6. The molecule has 0 bridgehead atoms. The number of anilines is 3. The van der Waals surface area contributed by atoms with Crippen molar-refractivity contribution in [2.24, 2.45) is 7.05 Å². The molecule has 0 spiro atoms. The van der Waals surface area contributed by atoms with Crippen LogP contribution < -0.4 is 16.2 Å². The molecule has 3 N–H and O–H groups in total. The van der Waals surface area contributed by atoms with Crippen LogP contribution in [-0.2, 0) is 7.05 Å². The Morgan fingerprint density at radius 1 is 1.08 bits per heavy atom. The molecule has 0 amide bonds. The summed E-state index contributed by atoms with van der Waals surface area (Å²) < 4.78 is 8.75. The third kappa shape index (κ3) is 4.66. The van der Waals surface area contributed by atoms with Gasteiger partial charge >= 0.3 is 0 Å². The fraction of sp³-hybridized carbons (Fsp3) is 0.280. The van der Waals surface area contributed by atoms with E-state index in [-0.39, 0.29) is 30.0 Å². The van der Waals surface area contributed by atoms with Gasteiger partial charge in [-0.25, -0.2) is 9.97 Å². The standard InChI is InChI=1S/C25H27N9O3/c1-14(2)34-22-17(24(36)33(34)4)10-11-20(29-22)30-25-26-12-18(23-27-15(3)32-37-23)21(31-25)28-19(13-35)16-8-6-5-7-9-16/h5-12,14,19,35H,13H2,1-4H3,(H2,26,28,29,30,31)/t19-/m1/s1. The van der Waals surface area contributed by atoms with Gasteiger partial charge in [0.2, 0.25) is 5.95 Å². The Labute approximate surface area is 212 Å². The number of aromatic nitrogens is 7. The smallest absolute Gasteiger partial charge is 0.275 e. The van der Waals surface area contributed by atoms with E-state index in [2.05, 4.69) is 35.7 Å². The molecule has 12 heteroatoms. The fourth-order valence-corrected chi connectivity index (χ4v) is 4.18. The SMILES string of the molecule is Cc1noc(-c2cnc(Nc3ccc4c(=O)n(C)n(C(C)C)c4n3)nc2N[C@H](CO)c2ccccc2)n1. The van der Waals surface area contributed by atoms with Crippen LogP contribution in [0.1, 0.15) is 37.3 Å². The minimum atomic E-state index is -0.439. The molecule has 0 radical (unpaired) electrons.